The Morgan fingerprint density at radius 3 is 2.04 bits per heavy atom. The predicted octanol–water partition coefficient (Wildman–Crippen LogP) is 6.04. The molecule has 0 aromatic heterocycles. The van der Waals surface area contributed by atoms with Crippen LogP contribution in [0, 0.1) is 20.8 Å². The van der Waals surface area contributed by atoms with Gasteiger partial charge in [0.15, 0.2) is 0 Å². The number of ether oxygens (including phenoxy) is 2. The van der Waals surface area contributed by atoms with Gasteiger partial charge in [-0.25, -0.2) is 0 Å². The van der Waals surface area contributed by atoms with E-state index >= 15 is 0 Å². The zero-order chi connectivity index (χ0) is 19.9. The van der Waals surface area contributed by atoms with E-state index in [9.17, 15) is 4.79 Å². The number of carbonyl (C=O) groups excluding carboxylic acids is 1. The maximum absolute atomic E-state index is 12.0. The van der Waals surface area contributed by atoms with Gasteiger partial charge in [0.2, 0.25) is 0 Å². The Morgan fingerprint density at radius 2 is 1.39 bits per heavy atom. The predicted molar refractivity (Wildman–Crippen MR) is 113 cm³/mol. The van der Waals surface area contributed by atoms with Crippen molar-refractivity contribution in [3.8, 4) is 22.6 Å². The van der Waals surface area contributed by atoms with Gasteiger partial charge in [-0.2, -0.15) is 0 Å². The molecule has 3 heteroatoms. The van der Waals surface area contributed by atoms with E-state index in [2.05, 4.69) is 44.2 Å². The summed E-state index contributed by atoms with van der Waals surface area (Å²) in [5.74, 6) is 1.19. The summed E-state index contributed by atoms with van der Waals surface area (Å²) in [5, 5.41) is 0. The number of rotatable bonds is 7. The van der Waals surface area contributed by atoms with Crippen LogP contribution in [0.3, 0.4) is 0 Å². The molecular weight excluding hydrogens is 348 g/mol. The van der Waals surface area contributed by atoms with Gasteiger partial charge >= 0.3 is 5.97 Å². The van der Waals surface area contributed by atoms with E-state index < -0.39 is 0 Å². The van der Waals surface area contributed by atoms with E-state index in [4.69, 9.17) is 9.47 Å². The van der Waals surface area contributed by atoms with E-state index in [0.29, 0.717) is 25.2 Å². The van der Waals surface area contributed by atoms with E-state index in [1.165, 1.54) is 11.1 Å². The number of benzene rings is 3. The fraction of sp³-hybridized carbons (Fsp3) is 0.240. The van der Waals surface area contributed by atoms with Crippen molar-refractivity contribution in [1.82, 2.24) is 0 Å². The number of esters is 1. The van der Waals surface area contributed by atoms with Gasteiger partial charge < -0.3 is 9.47 Å². The van der Waals surface area contributed by atoms with E-state index in [1.807, 2.05) is 43.3 Å². The molecule has 0 amide bonds. The number of hydrogen-bond acceptors (Lipinski definition) is 3. The van der Waals surface area contributed by atoms with Crippen LogP contribution in [-0.2, 0) is 4.79 Å². The first kappa shape index (κ1) is 19.7. The minimum Gasteiger partial charge on any atom is -0.493 e. The Labute approximate surface area is 166 Å². The third-order valence-corrected chi connectivity index (χ3v) is 4.58. The summed E-state index contributed by atoms with van der Waals surface area (Å²) in [7, 11) is 0. The zero-order valence-corrected chi connectivity index (χ0v) is 16.7. The van der Waals surface area contributed by atoms with Gasteiger partial charge in [-0.1, -0.05) is 59.7 Å². The van der Waals surface area contributed by atoms with Crippen LogP contribution in [0.4, 0.5) is 0 Å². The van der Waals surface area contributed by atoms with Crippen molar-refractivity contribution in [2.75, 3.05) is 6.61 Å². The summed E-state index contributed by atoms with van der Waals surface area (Å²) < 4.78 is 11.2. The normalized spacial score (nSPS) is 10.5. The Hall–Kier alpha value is -3.07. The second kappa shape index (κ2) is 9.23. The molecule has 0 saturated carbocycles. The highest BCUT2D eigenvalue weighted by molar-refractivity contribution is 5.73. The highest BCUT2D eigenvalue weighted by Gasteiger charge is 2.07. The van der Waals surface area contributed by atoms with Gasteiger partial charge in [0, 0.05) is 6.42 Å². The van der Waals surface area contributed by atoms with Crippen molar-refractivity contribution in [3.63, 3.8) is 0 Å². The molecule has 0 unspecified atom stereocenters. The van der Waals surface area contributed by atoms with E-state index in [-0.39, 0.29) is 5.97 Å². The molecule has 144 valence electrons. The van der Waals surface area contributed by atoms with Gasteiger partial charge in [0.1, 0.15) is 11.5 Å². The lowest BCUT2D eigenvalue weighted by Crippen LogP contribution is -2.10. The molecule has 0 spiro atoms. The number of aryl methyl sites for hydroxylation is 3. The maximum Gasteiger partial charge on any atom is 0.311 e. The lowest BCUT2D eigenvalue weighted by Gasteiger charge is -2.10. The minimum absolute atomic E-state index is 0.243. The fourth-order valence-electron chi connectivity index (χ4n) is 3.00. The third kappa shape index (κ3) is 5.46. The molecule has 3 aromatic carbocycles. The van der Waals surface area contributed by atoms with Crippen LogP contribution in [-0.4, -0.2) is 12.6 Å². The Kier molecular flexibility index (Phi) is 6.49. The largest absolute Gasteiger partial charge is 0.493 e. The third-order valence-electron chi connectivity index (χ3n) is 4.58. The van der Waals surface area contributed by atoms with Crippen LogP contribution in [0.25, 0.3) is 11.1 Å². The summed E-state index contributed by atoms with van der Waals surface area (Å²) in [6, 6.07) is 22.0. The molecule has 0 heterocycles. The minimum atomic E-state index is -0.243. The van der Waals surface area contributed by atoms with Crippen LogP contribution in [0.1, 0.15) is 29.5 Å². The molecule has 0 aliphatic heterocycles. The molecular formula is C25H26O3. The molecule has 3 aromatic rings. The van der Waals surface area contributed by atoms with Crippen molar-refractivity contribution < 1.29 is 14.3 Å². The molecule has 0 N–H and O–H groups in total. The first-order chi connectivity index (χ1) is 13.5. The summed E-state index contributed by atoms with van der Waals surface area (Å²) in [6.45, 7) is 6.64. The second-order valence-corrected chi connectivity index (χ2v) is 7.09. The van der Waals surface area contributed by atoms with Crippen molar-refractivity contribution in [3.05, 3.63) is 83.4 Å². The highest BCUT2D eigenvalue weighted by atomic mass is 16.5. The average molecular weight is 374 g/mol. The molecule has 0 fully saturated rings. The van der Waals surface area contributed by atoms with Crippen molar-refractivity contribution in [2.45, 2.75) is 33.6 Å². The molecule has 3 nitrogen and oxygen atoms in total. The van der Waals surface area contributed by atoms with Gasteiger partial charge in [-0.3, -0.25) is 4.79 Å². The molecule has 0 bridgehead atoms. The summed E-state index contributed by atoms with van der Waals surface area (Å²) >= 11 is 0. The standard InChI is InChI=1S/C25H26O3/c1-18-6-9-21(10-7-18)22-11-13-23(14-12-22)28-25(26)5-4-16-27-24-15-8-19(2)17-20(24)3/h6-15,17H,4-5,16H2,1-3H3. The summed E-state index contributed by atoms with van der Waals surface area (Å²) in [5.41, 5.74) is 5.79. The average Bonchev–Trinajstić information content (AvgIpc) is 2.68. The molecule has 0 atom stereocenters. The molecule has 0 radical (unpaired) electrons. The quantitative estimate of drug-likeness (QED) is 0.287. The van der Waals surface area contributed by atoms with E-state index in [1.54, 1.807) is 0 Å². The number of hydrogen-bond donors (Lipinski definition) is 0. The Balaban J connectivity index is 1.45. The highest BCUT2D eigenvalue weighted by Crippen LogP contribution is 2.23. The van der Waals surface area contributed by atoms with Gasteiger partial charge in [0.25, 0.3) is 0 Å². The first-order valence-electron chi connectivity index (χ1n) is 9.59. The fourth-order valence-corrected chi connectivity index (χ4v) is 3.00. The molecule has 0 aliphatic rings. The van der Waals surface area contributed by atoms with Gasteiger partial charge in [-0.05, 0) is 62.1 Å². The monoisotopic (exact) mass is 374 g/mol. The molecule has 0 saturated heterocycles. The van der Waals surface area contributed by atoms with Crippen molar-refractivity contribution in [2.24, 2.45) is 0 Å². The topological polar surface area (TPSA) is 35.5 Å². The van der Waals surface area contributed by atoms with Crippen LogP contribution in [0.5, 0.6) is 11.5 Å². The first-order valence-corrected chi connectivity index (χ1v) is 9.59. The van der Waals surface area contributed by atoms with Crippen LogP contribution >= 0.6 is 0 Å². The number of carbonyl (C=O) groups is 1. The van der Waals surface area contributed by atoms with Crippen molar-refractivity contribution >= 4 is 5.97 Å². The van der Waals surface area contributed by atoms with Gasteiger partial charge in [-0.15, -0.1) is 0 Å². The Bertz CT molecular complexity index is 925. The Morgan fingerprint density at radius 1 is 0.786 bits per heavy atom. The molecule has 0 aliphatic carbocycles. The maximum atomic E-state index is 12.0. The zero-order valence-electron chi connectivity index (χ0n) is 16.7. The smallest absolute Gasteiger partial charge is 0.311 e. The van der Waals surface area contributed by atoms with Crippen LogP contribution < -0.4 is 9.47 Å². The lowest BCUT2D eigenvalue weighted by molar-refractivity contribution is -0.134. The molecule has 3 rings (SSSR count). The summed E-state index contributed by atoms with van der Waals surface area (Å²) in [4.78, 5) is 12.0. The van der Waals surface area contributed by atoms with E-state index in [0.717, 1.165) is 22.4 Å². The summed E-state index contributed by atoms with van der Waals surface area (Å²) in [6.07, 6.45) is 0.943. The second-order valence-electron chi connectivity index (χ2n) is 7.09. The molecule has 28 heavy (non-hydrogen) atoms. The van der Waals surface area contributed by atoms with Crippen LogP contribution in [0.15, 0.2) is 66.7 Å². The van der Waals surface area contributed by atoms with Crippen LogP contribution in [0.2, 0.25) is 0 Å². The van der Waals surface area contributed by atoms with Crippen molar-refractivity contribution in [1.29, 1.82) is 0 Å². The lowest BCUT2D eigenvalue weighted by atomic mass is 10.0. The van der Waals surface area contributed by atoms with Gasteiger partial charge in [0.05, 0.1) is 6.61 Å². The SMILES string of the molecule is Cc1ccc(-c2ccc(OC(=O)CCCOc3ccc(C)cc3C)cc2)cc1.